The van der Waals surface area contributed by atoms with Crippen LogP contribution in [0.15, 0.2) is 24.3 Å². The first kappa shape index (κ1) is 15.5. The average molecular weight is 275 g/mol. The van der Waals surface area contributed by atoms with Crippen LogP contribution in [0.1, 0.15) is 63.0 Å². The van der Waals surface area contributed by atoms with Crippen LogP contribution in [0.3, 0.4) is 0 Å². The van der Waals surface area contributed by atoms with Crippen molar-refractivity contribution in [3.8, 4) is 0 Å². The summed E-state index contributed by atoms with van der Waals surface area (Å²) in [5, 5.41) is 13.4. The lowest BCUT2D eigenvalue weighted by Crippen LogP contribution is -2.27. The minimum absolute atomic E-state index is 0.187. The highest BCUT2D eigenvalue weighted by Gasteiger charge is 2.18. The normalized spacial score (nSPS) is 17.8. The second kappa shape index (κ2) is 7.80. The Kier molecular flexibility index (Phi) is 6.06. The molecule has 1 aromatic rings. The van der Waals surface area contributed by atoms with Gasteiger partial charge in [0.2, 0.25) is 0 Å². The van der Waals surface area contributed by atoms with Crippen molar-refractivity contribution in [2.75, 3.05) is 6.54 Å². The van der Waals surface area contributed by atoms with Gasteiger partial charge in [0.15, 0.2) is 0 Å². The molecule has 1 aliphatic rings. The summed E-state index contributed by atoms with van der Waals surface area (Å²) in [6, 6.07) is 8.78. The number of hydrogen-bond donors (Lipinski definition) is 2. The molecule has 1 aromatic carbocycles. The van der Waals surface area contributed by atoms with E-state index in [0.717, 1.165) is 18.9 Å². The van der Waals surface area contributed by atoms with Crippen molar-refractivity contribution in [2.45, 2.75) is 64.5 Å². The molecule has 0 amide bonds. The highest BCUT2D eigenvalue weighted by Crippen LogP contribution is 2.28. The van der Waals surface area contributed by atoms with E-state index in [9.17, 15) is 5.11 Å². The van der Waals surface area contributed by atoms with Crippen LogP contribution in [0.4, 0.5) is 0 Å². The molecule has 0 spiro atoms. The third kappa shape index (κ3) is 4.92. The van der Waals surface area contributed by atoms with Crippen LogP contribution < -0.4 is 5.32 Å². The van der Waals surface area contributed by atoms with Crippen LogP contribution in [-0.4, -0.2) is 17.8 Å². The van der Waals surface area contributed by atoms with Crippen molar-refractivity contribution in [2.24, 2.45) is 5.92 Å². The van der Waals surface area contributed by atoms with Crippen LogP contribution in [-0.2, 0) is 6.54 Å². The third-order valence-electron chi connectivity index (χ3n) is 4.44. The number of benzene rings is 1. The first-order chi connectivity index (χ1) is 9.65. The molecule has 0 aromatic heterocycles. The molecule has 1 aliphatic carbocycles. The van der Waals surface area contributed by atoms with Crippen LogP contribution in [0, 0.1) is 5.92 Å². The SMILES string of the molecule is CC(C)c1ccc(CNCC(O)CC2CCCC2)cc1. The molecule has 0 saturated heterocycles. The molecule has 0 heterocycles. The fourth-order valence-corrected chi connectivity index (χ4v) is 3.12. The number of rotatable bonds is 7. The summed E-state index contributed by atoms with van der Waals surface area (Å²) in [5.74, 6) is 1.35. The maximum absolute atomic E-state index is 10.0. The molecular formula is C18H29NO. The monoisotopic (exact) mass is 275 g/mol. The van der Waals surface area contributed by atoms with Crippen molar-refractivity contribution in [1.29, 1.82) is 0 Å². The van der Waals surface area contributed by atoms with Gasteiger partial charge in [0.25, 0.3) is 0 Å². The van der Waals surface area contributed by atoms with E-state index < -0.39 is 0 Å². The second-order valence-corrected chi connectivity index (χ2v) is 6.57. The molecule has 0 radical (unpaired) electrons. The van der Waals surface area contributed by atoms with Gasteiger partial charge in [0.1, 0.15) is 0 Å². The lowest BCUT2D eigenvalue weighted by molar-refractivity contribution is 0.140. The molecule has 1 unspecified atom stereocenters. The van der Waals surface area contributed by atoms with E-state index >= 15 is 0 Å². The standard InChI is InChI=1S/C18H29NO/c1-14(2)17-9-7-16(8-10-17)12-19-13-18(20)11-15-5-3-4-6-15/h7-10,14-15,18-20H,3-6,11-13H2,1-2H3. The Morgan fingerprint density at radius 3 is 2.40 bits per heavy atom. The zero-order valence-electron chi connectivity index (χ0n) is 12.9. The fourth-order valence-electron chi connectivity index (χ4n) is 3.12. The van der Waals surface area contributed by atoms with Gasteiger partial charge in [-0.3, -0.25) is 0 Å². The summed E-state index contributed by atoms with van der Waals surface area (Å²) in [6.07, 6.45) is 6.12. The molecule has 1 fully saturated rings. The molecule has 2 rings (SSSR count). The van der Waals surface area contributed by atoms with Crippen molar-refractivity contribution in [1.82, 2.24) is 5.32 Å². The summed E-state index contributed by atoms with van der Waals surface area (Å²) in [5.41, 5.74) is 2.68. The van der Waals surface area contributed by atoms with Crippen molar-refractivity contribution >= 4 is 0 Å². The van der Waals surface area contributed by atoms with Crippen molar-refractivity contribution < 1.29 is 5.11 Å². The lowest BCUT2D eigenvalue weighted by Gasteiger charge is -2.16. The number of hydrogen-bond acceptors (Lipinski definition) is 2. The molecule has 112 valence electrons. The molecule has 2 heteroatoms. The molecular weight excluding hydrogens is 246 g/mol. The van der Waals surface area contributed by atoms with Gasteiger partial charge in [-0.05, 0) is 29.4 Å². The van der Waals surface area contributed by atoms with E-state index in [-0.39, 0.29) is 6.10 Å². The Bertz CT molecular complexity index is 379. The third-order valence-corrected chi connectivity index (χ3v) is 4.44. The Hall–Kier alpha value is -0.860. The molecule has 2 nitrogen and oxygen atoms in total. The average Bonchev–Trinajstić information content (AvgIpc) is 2.92. The lowest BCUT2D eigenvalue weighted by atomic mass is 10.00. The van der Waals surface area contributed by atoms with Gasteiger partial charge in [-0.25, -0.2) is 0 Å². The van der Waals surface area contributed by atoms with Crippen LogP contribution in [0.5, 0.6) is 0 Å². The predicted molar refractivity (Wildman–Crippen MR) is 84.8 cm³/mol. The zero-order valence-corrected chi connectivity index (χ0v) is 12.9. The van der Waals surface area contributed by atoms with E-state index in [1.54, 1.807) is 0 Å². The predicted octanol–water partition coefficient (Wildman–Crippen LogP) is 3.84. The maximum atomic E-state index is 10.0. The quantitative estimate of drug-likeness (QED) is 0.792. The van der Waals surface area contributed by atoms with Gasteiger partial charge in [-0.1, -0.05) is 63.8 Å². The topological polar surface area (TPSA) is 32.3 Å². The molecule has 20 heavy (non-hydrogen) atoms. The minimum atomic E-state index is -0.187. The number of aliphatic hydroxyl groups is 1. The summed E-state index contributed by atoms with van der Waals surface area (Å²) in [4.78, 5) is 0. The van der Waals surface area contributed by atoms with Gasteiger partial charge in [-0.15, -0.1) is 0 Å². The highest BCUT2D eigenvalue weighted by molar-refractivity contribution is 5.24. The minimum Gasteiger partial charge on any atom is -0.392 e. The van der Waals surface area contributed by atoms with Crippen molar-refractivity contribution in [3.05, 3.63) is 35.4 Å². The summed E-state index contributed by atoms with van der Waals surface area (Å²) in [7, 11) is 0. The van der Waals surface area contributed by atoms with Crippen molar-refractivity contribution in [3.63, 3.8) is 0 Å². The smallest absolute Gasteiger partial charge is 0.0667 e. The largest absolute Gasteiger partial charge is 0.392 e. The summed E-state index contributed by atoms with van der Waals surface area (Å²) in [6.45, 7) is 5.99. The molecule has 1 atom stereocenters. The molecule has 2 N–H and O–H groups in total. The molecule has 1 saturated carbocycles. The van der Waals surface area contributed by atoms with Crippen LogP contribution in [0.2, 0.25) is 0 Å². The maximum Gasteiger partial charge on any atom is 0.0667 e. The van der Waals surface area contributed by atoms with E-state index in [0.29, 0.717) is 12.5 Å². The number of nitrogens with one attached hydrogen (secondary N) is 1. The van der Waals surface area contributed by atoms with Gasteiger partial charge in [-0.2, -0.15) is 0 Å². The van der Waals surface area contributed by atoms with E-state index in [1.807, 2.05) is 0 Å². The first-order valence-corrected chi connectivity index (χ1v) is 8.12. The fraction of sp³-hybridized carbons (Fsp3) is 0.667. The Balaban J connectivity index is 1.66. The molecule has 0 bridgehead atoms. The van der Waals surface area contributed by atoms with Crippen LogP contribution >= 0.6 is 0 Å². The Morgan fingerprint density at radius 2 is 1.80 bits per heavy atom. The van der Waals surface area contributed by atoms with E-state index in [1.165, 1.54) is 36.8 Å². The highest BCUT2D eigenvalue weighted by atomic mass is 16.3. The zero-order chi connectivity index (χ0) is 14.4. The van der Waals surface area contributed by atoms with Gasteiger partial charge in [0, 0.05) is 13.1 Å². The van der Waals surface area contributed by atoms with Crippen LogP contribution in [0.25, 0.3) is 0 Å². The number of aliphatic hydroxyl groups excluding tert-OH is 1. The van der Waals surface area contributed by atoms with E-state index in [2.05, 4.69) is 43.4 Å². The second-order valence-electron chi connectivity index (χ2n) is 6.57. The molecule has 0 aliphatic heterocycles. The van der Waals surface area contributed by atoms with E-state index in [4.69, 9.17) is 0 Å². The Labute approximate surface area is 123 Å². The van der Waals surface area contributed by atoms with Gasteiger partial charge in [0.05, 0.1) is 6.10 Å². The summed E-state index contributed by atoms with van der Waals surface area (Å²) < 4.78 is 0. The van der Waals surface area contributed by atoms with Gasteiger partial charge < -0.3 is 10.4 Å². The Morgan fingerprint density at radius 1 is 1.15 bits per heavy atom. The van der Waals surface area contributed by atoms with Gasteiger partial charge >= 0.3 is 0 Å². The summed E-state index contributed by atoms with van der Waals surface area (Å²) >= 11 is 0. The first-order valence-electron chi connectivity index (χ1n) is 8.12.